The van der Waals surface area contributed by atoms with Crippen LogP contribution in [0.25, 0.3) is 0 Å². The molecule has 4 heteroatoms. The van der Waals surface area contributed by atoms with Crippen molar-refractivity contribution in [2.45, 2.75) is 39.4 Å². The number of rotatable bonds is 2. The van der Waals surface area contributed by atoms with Crippen LogP contribution < -0.4 is 5.32 Å². The second kappa shape index (κ2) is 6.34. The van der Waals surface area contributed by atoms with Gasteiger partial charge in [0, 0.05) is 44.1 Å². The highest BCUT2D eigenvalue weighted by molar-refractivity contribution is 5.85. The Labute approximate surface area is 110 Å². The van der Waals surface area contributed by atoms with Crippen molar-refractivity contribution >= 4 is 12.4 Å². The quantitative estimate of drug-likeness (QED) is 0.876. The van der Waals surface area contributed by atoms with Crippen LogP contribution in [0.3, 0.4) is 0 Å². The Kier molecular flexibility index (Phi) is 5.37. The van der Waals surface area contributed by atoms with Crippen molar-refractivity contribution in [3.63, 3.8) is 0 Å². The Morgan fingerprint density at radius 3 is 2.59 bits per heavy atom. The molecule has 1 aromatic rings. The van der Waals surface area contributed by atoms with Crippen molar-refractivity contribution in [3.8, 4) is 0 Å². The molecule has 0 aromatic carbocycles. The van der Waals surface area contributed by atoms with E-state index in [2.05, 4.69) is 42.0 Å². The number of aromatic nitrogens is 1. The fourth-order valence-corrected chi connectivity index (χ4v) is 2.47. The van der Waals surface area contributed by atoms with E-state index in [-0.39, 0.29) is 12.4 Å². The summed E-state index contributed by atoms with van der Waals surface area (Å²) in [6, 6.07) is 3.26. The zero-order valence-corrected chi connectivity index (χ0v) is 11.6. The molecule has 2 rings (SSSR count). The zero-order chi connectivity index (χ0) is 11.5. The fourth-order valence-electron chi connectivity index (χ4n) is 2.47. The standard InChI is InChI=1S/C13H21N3.ClH/c1-10-4-5-14-6-13(10)9-16-7-11(2)15-12(3)8-16;/h4-6,11-12,15H,7-9H2,1-3H3;1H. The van der Waals surface area contributed by atoms with E-state index in [4.69, 9.17) is 0 Å². The van der Waals surface area contributed by atoms with E-state index in [0.29, 0.717) is 12.1 Å². The molecule has 0 spiro atoms. The Morgan fingerprint density at radius 2 is 2.00 bits per heavy atom. The molecule has 1 aliphatic heterocycles. The van der Waals surface area contributed by atoms with Crippen molar-refractivity contribution in [2.75, 3.05) is 13.1 Å². The monoisotopic (exact) mass is 255 g/mol. The summed E-state index contributed by atoms with van der Waals surface area (Å²) in [5.41, 5.74) is 2.69. The fraction of sp³-hybridized carbons (Fsp3) is 0.615. The number of halogens is 1. The van der Waals surface area contributed by atoms with Gasteiger partial charge in [0.2, 0.25) is 0 Å². The summed E-state index contributed by atoms with van der Waals surface area (Å²) < 4.78 is 0. The summed E-state index contributed by atoms with van der Waals surface area (Å²) in [5, 5.41) is 3.55. The number of hydrogen-bond donors (Lipinski definition) is 1. The molecule has 0 saturated carbocycles. The lowest BCUT2D eigenvalue weighted by atomic mass is 10.1. The third-order valence-corrected chi connectivity index (χ3v) is 3.17. The second-order valence-corrected chi connectivity index (χ2v) is 4.97. The van der Waals surface area contributed by atoms with Gasteiger partial charge in [-0.25, -0.2) is 0 Å². The van der Waals surface area contributed by atoms with Gasteiger partial charge >= 0.3 is 0 Å². The predicted octanol–water partition coefficient (Wildman–Crippen LogP) is 1.99. The Hall–Kier alpha value is -0.640. The lowest BCUT2D eigenvalue weighted by Gasteiger charge is -2.36. The third-order valence-electron chi connectivity index (χ3n) is 3.17. The van der Waals surface area contributed by atoms with Gasteiger partial charge in [0.05, 0.1) is 0 Å². The van der Waals surface area contributed by atoms with Gasteiger partial charge in [-0.2, -0.15) is 0 Å². The molecular formula is C13H22ClN3. The van der Waals surface area contributed by atoms with Crippen molar-refractivity contribution in [1.82, 2.24) is 15.2 Å². The van der Waals surface area contributed by atoms with Gasteiger partial charge < -0.3 is 5.32 Å². The van der Waals surface area contributed by atoms with Crippen molar-refractivity contribution in [3.05, 3.63) is 29.6 Å². The van der Waals surface area contributed by atoms with Gasteiger partial charge in [0.25, 0.3) is 0 Å². The third kappa shape index (κ3) is 3.95. The predicted molar refractivity (Wildman–Crippen MR) is 73.6 cm³/mol. The number of piperazine rings is 1. The first kappa shape index (κ1) is 14.4. The highest BCUT2D eigenvalue weighted by atomic mass is 35.5. The first-order valence-corrected chi connectivity index (χ1v) is 6.03. The van der Waals surface area contributed by atoms with E-state index in [0.717, 1.165) is 19.6 Å². The number of aryl methyl sites for hydroxylation is 1. The first-order chi connectivity index (χ1) is 7.65. The van der Waals surface area contributed by atoms with E-state index in [1.807, 2.05) is 12.4 Å². The van der Waals surface area contributed by atoms with Crippen LogP contribution in [0.15, 0.2) is 18.5 Å². The zero-order valence-electron chi connectivity index (χ0n) is 10.8. The van der Waals surface area contributed by atoms with Crippen LogP contribution in [-0.4, -0.2) is 35.1 Å². The molecule has 2 heterocycles. The van der Waals surface area contributed by atoms with Gasteiger partial charge in [-0.05, 0) is 38.0 Å². The minimum Gasteiger partial charge on any atom is -0.309 e. The minimum atomic E-state index is 0. The van der Waals surface area contributed by atoms with E-state index < -0.39 is 0 Å². The number of nitrogens with one attached hydrogen (secondary N) is 1. The van der Waals surface area contributed by atoms with E-state index >= 15 is 0 Å². The van der Waals surface area contributed by atoms with Crippen LogP contribution in [-0.2, 0) is 6.54 Å². The maximum atomic E-state index is 4.21. The maximum Gasteiger partial charge on any atom is 0.0315 e. The Bertz CT molecular complexity index is 346. The lowest BCUT2D eigenvalue weighted by Crippen LogP contribution is -2.53. The topological polar surface area (TPSA) is 28.2 Å². The van der Waals surface area contributed by atoms with Crippen molar-refractivity contribution < 1.29 is 0 Å². The largest absolute Gasteiger partial charge is 0.309 e. The highest BCUT2D eigenvalue weighted by Gasteiger charge is 2.20. The number of nitrogens with zero attached hydrogens (tertiary/aromatic N) is 2. The van der Waals surface area contributed by atoms with Crippen molar-refractivity contribution in [1.29, 1.82) is 0 Å². The van der Waals surface area contributed by atoms with Gasteiger partial charge in [0.1, 0.15) is 0 Å². The minimum absolute atomic E-state index is 0. The molecule has 1 aliphatic rings. The van der Waals surface area contributed by atoms with Crippen molar-refractivity contribution in [2.24, 2.45) is 0 Å². The smallest absolute Gasteiger partial charge is 0.0315 e. The van der Waals surface area contributed by atoms with Crippen LogP contribution in [0.5, 0.6) is 0 Å². The molecule has 96 valence electrons. The summed E-state index contributed by atoms with van der Waals surface area (Å²) in [6.45, 7) is 9.93. The normalized spacial score (nSPS) is 25.4. The lowest BCUT2D eigenvalue weighted by molar-refractivity contribution is 0.166. The molecular weight excluding hydrogens is 234 g/mol. The average Bonchev–Trinajstić information content (AvgIpc) is 2.20. The average molecular weight is 256 g/mol. The summed E-state index contributed by atoms with van der Waals surface area (Å²) in [7, 11) is 0. The van der Waals surface area contributed by atoms with E-state index in [1.165, 1.54) is 11.1 Å². The summed E-state index contributed by atoms with van der Waals surface area (Å²) in [5.74, 6) is 0. The molecule has 17 heavy (non-hydrogen) atoms. The molecule has 0 aliphatic carbocycles. The second-order valence-electron chi connectivity index (χ2n) is 4.97. The van der Waals surface area contributed by atoms with Crippen LogP contribution in [0, 0.1) is 6.92 Å². The van der Waals surface area contributed by atoms with Gasteiger partial charge in [-0.15, -0.1) is 12.4 Å². The summed E-state index contributed by atoms with van der Waals surface area (Å²) in [6.07, 6.45) is 3.86. The molecule has 1 N–H and O–H groups in total. The molecule has 0 radical (unpaired) electrons. The van der Waals surface area contributed by atoms with Crippen LogP contribution >= 0.6 is 12.4 Å². The molecule has 1 aromatic heterocycles. The van der Waals surface area contributed by atoms with Gasteiger partial charge in [-0.1, -0.05) is 0 Å². The van der Waals surface area contributed by atoms with E-state index in [9.17, 15) is 0 Å². The van der Waals surface area contributed by atoms with Crippen LogP contribution in [0.1, 0.15) is 25.0 Å². The van der Waals surface area contributed by atoms with Gasteiger partial charge in [-0.3, -0.25) is 9.88 Å². The summed E-state index contributed by atoms with van der Waals surface area (Å²) >= 11 is 0. The molecule has 2 atom stereocenters. The Morgan fingerprint density at radius 1 is 1.35 bits per heavy atom. The van der Waals surface area contributed by atoms with Crippen LogP contribution in [0.2, 0.25) is 0 Å². The molecule has 2 unspecified atom stereocenters. The van der Waals surface area contributed by atoms with E-state index in [1.54, 1.807) is 0 Å². The number of hydrogen-bond acceptors (Lipinski definition) is 3. The molecule has 1 saturated heterocycles. The first-order valence-electron chi connectivity index (χ1n) is 6.03. The summed E-state index contributed by atoms with van der Waals surface area (Å²) in [4.78, 5) is 6.72. The van der Waals surface area contributed by atoms with Gasteiger partial charge in [0.15, 0.2) is 0 Å². The Balaban J connectivity index is 0.00000144. The SMILES string of the molecule is Cc1ccncc1CN1CC(C)NC(C)C1.Cl. The molecule has 3 nitrogen and oxygen atoms in total. The molecule has 0 bridgehead atoms. The maximum absolute atomic E-state index is 4.21. The molecule has 1 fully saturated rings. The highest BCUT2D eigenvalue weighted by Crippen LogP contribution is 2.12. The van der Waals surface area contributed by atoms with Crippen LogP contribution in [0.4, 0.5) is 0 Å². The molecule has 0 amide bonds. The number of pyridine rings is 1.